The number of nitrogens with one attached hydrogen (secondary N) is 1. The lowest BCUT2D eigenvalue weighted by Crippen LogP contribution is -2.47. The number of rotatable bonds is 5. The molecule has 1 aliphatic carbocycles. The molecule has 1 saturated carbocycles. The van der Waals surface area contributed by atoms with Crippen LogP contribution in [0.1, 0.15) is 42.5 Å². The quantitative estimate of drug-likeness (QED) is 0.524. The van der Waals surface area contributed by atoms with Gasteiger partial charge in [-0.3, -0.25) is 9.59 Å². The first-order chi connectivity index (χ1) is 16.5. The SMILES string of the molecule is CSc1nnnn1-c1cccc(NC(=O)C2CC3CCCCC3N2C(=O)c2cccc(Cl)c2)c1. The molecule has 2 aromatic carbocycles. The van der Waals surface area contributed by atoms with Crippen molar-refractivity contribution in [2.24, 2.45) is 5.92 Å². The van der Waals surface area contributed by atoms with Crippen LogP contribution in [0.2, 0.25) is 5.02 Å². The number of hydrogen-bond donors (Lipinski definition) is 1. The van der Waals surface area contributed by atoms with Gasteiger partial charge in [-0.25, -0.2) is 0 Å². The van der Waals surface area contributed by atoms with Gasteiger partial charge >= 0.3 is 0 Å². The third-order valence-corrected chi connectivity index (χ3v) is 7.53. The normalized spacial score (nSPS) is 21.8. The van der Waals surface area contributed by atoms with Crippen molar-refractivity contribution in [3.63, 3.8) is 0 Å². The summed E-state index contributed by atoms with van der Waals surface area (Å²) in [6.07, 6.45) is 6.75. The predicted molar refractivity (Wildman–Crippen MR) is 131 cm³/mol. The lowest BCUT2D eigenvalue weighted by Gasteiger charge is -2.33. The fourth-order valence-corrected chi connectivity index (χ4v) is 5.79. The standard InChI is InChI=1S/C24H25ClN6O2S/c1-34-24-27-28-29-31(24)19-10-5-9-18(14-19)26-22(32)21-13-15-6-2-3-11-20(15)30(21)23(33)16-7-4-8-17(25)12-16/h4-5,7-10,12,14-15,20-21H,2-3,6,11,13H2,1H3,(H,26,32). The predicted octanol–water partition coefficient (Wildman–Crippen LogP) is 4.45. The van der Waals surface area contributed by atoms with E-state index in [2.05, 4.69) is 20.8 Å². The van der Waals surface area contributed by atoms with Gasteiger partial charge in [-0.2, -0.15) is 4.68 Å². The van der Waals surface area contributed by atoms with Crippen LogP contribution in [0.3, 0.4) is 0 Å². The Morgan fingerprint density at radius 3 is 2.76 bits per heavy atom. The Hall–Kier alpha value is -2.91. The first-order valence-corrected chi connectivity index (χ1v) is 13.0. The molecule has 2 fully saturated rings. The average molecular weight is 497 g/mol. The van der Waals surface area contributed by atoms with Crippen molar-refractivity contribution in [1.29, 1.82) is 0 Å². The maximum atomic E-state index is 13.6. The van der Waals surface area contributed by atoms with Crippen LogP contribution in [-0.2, 0) is 4.79 Å². The number of amides is 2. The third kappa shape index (κ3) is 4.42. The van der Waals surface area contributed by atoms with Gasteiger partial charge in [0.05, 0.1) is 5.69 Å². The smallest absolute Gasteiger partial charge is 0.254 e. The van der Waals surface area contributed by atoms with Gasteiger partial charge in [-0.05, 0) is 78.3 Å². The van der Waals surface area contributed by atoms with Crippen molar-refractivity contribution >= 4 is 40.9 Å². The molecular formula is C24H25ClN6O2S. The summed E-state index contributed by atoms with van der Waals surface area (Å²) in [6, 6.07) is 13.9. The fourth-order valence-electron chi connectivity index (χ4n) is 5.17. The Morgan fingerprint density at radius 1 is 1.12 bits per heavy atom. The number of likely N-dealkylation sites (tertiary alicyclic amines) is 1. The molecule has 3 unspecified atom stereocenters. The zero-order valence-electron chi connectivity index (χ0n) is 18.7. The number of anilines is 1. The van der Waals surface area contributed by atoms with E-state index in [1.165, 1.54) is 11.8 Å². The number of aromatic nitrogens is 4. The van der Waals surface area contributed by atoms with Gasteiger partial charge in [0.25, 0.3) is 5.91 Å². The summed E-state index contributed by atoms with van der Waals surface area (Å²) in [6.45, 7) is 0. The maximum absolute atomic E-state index is 13.6. The highest BCUT2D eigenvalue weighted by molar-refractivity contribution is 7.98. The number of thioether (sulfide) groups is 1. The lowest BCUT2D eigenvalue weighted by atomic mass is 9.84. The number of hydrogen-bond acceptors (Lipinski definition) is 6. The average Bonchev–Trinajstić information content (AvgIpc) is 3.48. The molecule has 8 nitrogen and oxygen atoms in total. The van der Waals surface area contributed by atoms with Gasteiger partial charge in [0.1, 0.15) is 6.04 Å². The van der Waals surface area contributed by atoms with Crippen molar-refractivity contribution in [2.45, 2.75) is 49.3 Å². The summed E-state index contributed by atoms with van der Waals surface area (Å²) in [4.78, 5) is 28.9. The van der Waals surface area contributed by atoms with E-state index in [1.54, 1.807) is 28.9 Å². The van der Waals surface area contributed by atoms with Gasteiger partial charge in [-0.1, -0.05) is 48.3 Å². The van der Waals surface area contributed by atoms with Crippen molar-refractivity contribution in [2.75, 3.05) is 11.6 Å². The molecule has 34 heavy (non-hydrogen) atoms. The Kier molecular flexibility index (Phi) is 6.56. The van der Waals surface area contributed by atoms with E-state index >= 15 is 0 Å². The van der Waals surface area contributed by atoms with Gasteiger partial charge in [0, 0.05) is 22.3 Å². The molecule has 2 aliphatic rings. The van der Waals surface area contributed by atoms with Crippen LogP contribution in [-0.4, -0.2) is 55.3 Å². The minimum Gasteiger partial charge on any atom is -0.324 e. The number of halogens is 1. The summed E-state index contributed by atoms with van der Waals surface area (Å²) in [5, 5.41) is 16.0. The molecule has 2 amide bonds. The van der Waals surface area contributed by atoms with E-state index in [0.717, 1.165) is 31.4 Å². The molecule has 10 heteroatoms. The second-order valence-electron chi connectivity index (χ2n) is 8.70. The maximum Gasteiger partial charge on any atom is 0.254 e. The second-order valence-corrected chi connectivity index (χ2v) is 9.91. The Morgan fingerprint density at radius 2 is 1.94 bits per heavy atom. The number of carbonyl (C=O) groups is 2. The molecule has 5 rings (SSSR count). The van der Waals surface area contributed by atoms with Gasteiger partial charge in [0.15, 0.2) is 0 Å². The van der Waals surface area contributed by atoms with Crippen LogP contribution in [0.5, 0.6) is 0 Å². The molecule has 1 aliphatic heterocycles. The minimum absolute atomic E-state index is 0.0766. The molecule has 0 bridgehead atoms. The summed E-state index contributed by atoms with van der Waals surface area (Å²) in [5.74, 6) is 0.0252. The highest BCUT2D eigenvalue weighted by Gasteiger charge is 2.47. The number of nitrogens with zero attached hydrogens (tertiary/aromatic N) is 5. The van der Waals surface area contributed by atoms with Crippen molar-refractivity contribution < 1.29 is 9.59 Å². The summed E-state index contributed by atoms with van der Waals surface area (Å²) >= 11 is 7.59. The molecule has 176 valence electrons. The fraction of sp³-hybridized carbons (Fsp3) is 0.375. The first kappa shape index (κ1) is 22.9. The lowest BCUT2D eigenvalue weighted by molar-refractivity contribution is -0.120. The summed E-state index contributed by atoms with van der Waals surface area (Å²) in [7, 11) is 0. The zero-order chi connectivity index (χ0) is 23.7. The Balaban J connectivity index is 1.41. The van der Waals surface area contributed by atoms with E-state index in [-0.39, 0.29) is 17.9 Å². The van der Waals surface area contributed by atoms with Crippen LogP contribution >= 0.6 is 23.4 Å². The Bertz CT molecular complexity index is 1220. The molecule has 0 spiro atoms. The van der Waals surface area contributed by atoms with Crippen LogP contribution in [0, 0.1) is 5.92 Å². The molecule has 2 heterocycles. The molecule has 1 aromatic heterocycles. The van der Waals surface area contributed by atoms with E-state index in [0.29, 0.717) is 33.8 Å². The van der Waals surface area contributed by atoms with Crippen molar-refractivity contribution in [3.05, 3.63) is 59.1 Å². The van der Waals surface area contributed by atoms with Crippen LogP contribution in [0.4, 0.5) is 5.69 Å². The Labute approximate surface area is 207 Å². The van der Waals surface area contributed by atoms with Gasteiger partial charge in [0.2, 0.25) is 11.1 Å². The van der Waals surface area contributed by atoms with Crippen molar-refractivity contribution in [1.82, 2.24) is 25.1 Å². The van der Waals surface area contributed by atoms with E-state index in [4.69, 9.17) is 11.6 Å². The van der Waals surface area contributed by atoms with E-state index < -0.39 is 6.04 Å². The zero-order valence-corrected chi connectivity index (χ0v) is 20.3. The number of benzene rings is 2. The molecule has 0 radical (unpaired) electrons. The number of fused-ring (bicyclic) bond motifs is 1. The summed E-state index contributed by atoms with van der Waals surface area (Å²) in [5.41, 5.74) is 1.90. The number of tetrazole rings is 1. The molecule has 3 aromatic rings. The third-order valence-electron chi connectivity index (χ3n) is 6.68. The molecule has 3 atom stereocenters. The minimum atomic E-state index is -0.530. The highest BCUT2D eigenvalue weighted by atomic mass is 35.5. The second kappa shape index (κ2) is 9.76. The molecule has 1 N–H and O–H groups in total. The van der Waals surface area contributed by atoms with Crippen molar-refractivity contribution in [3.8, 4) is 5.69 Å². The molecule has 1 saturated heterocycles. The molecular weight excluding hydrogens is 472 g/mol. The number of carbonyl (C=O) groups excluding carboxylic acids is 2. The van der Waals surface area contributed by atoms with Crippen LogP contribution in [0.15, 0.2) is 53.7 Å². The van der Waals surface area contributed by atoms with Gasteiger partial charge in [-0.15, -0.1) is 5.10 Å². The van der Waals surface area contributed by atoms with Crippen LogP contribution < -0.4 is 5.32 Å². The van der Waals surface area contributed by atoms with E-state index in [1.807, 2.05) is 35.4 Å². The van der Waals surface area contributed by atoms with Gasteiger partial charge < -0.3 is 10.2 Å². The monoisotopic (exact) mass is 496 g/mol. The highest BCUT2D eigenvalue weighted by Crippen LogP contribution is 2.41. The first-order valence-electron chi connectivity index (χ1n) is 11.4. The van der Waals surface area contributed by atoms with Crippen LogP contribution in [0.25, 0.3) is 5.69 Å². The largest absolute Gasteiger partial charge is 0.324 e. The van der Waals surface area contributed by atoms with E-state index in [9.17, 15) is 9.59 Å². The summed E-state index contributed by atoms with van der Waals surface area (Å²) < 4.78 is 1.62. The topological polar surface area (TPSA) is 93.0 Å².